The predicted molar refractivity (Wildman–Crippen MR) is 248 cm³/mol. The maximum Gasteiger partial charge on any atom is 0.109 e. The third-order valence-electron chi connectivity index (χ3n) is 11.3. The third kappa shape index (κ3) is 4.56. The van der Waals surface area contributed by atoms with E-state index in [0.29, 0.717) is 0 Å². The maximum atomic E-state index is 3.86. The van der Waals surface area contributed by atoms with Crippen LogP contribution in [-0.4, -0.2) is 14.0 Å². The summed E-state index contributed by atoms with van der Waals surface area (Å²) in [6, 6.07) is 58.9. The third-order valence-corrected chi connectivity index (χ3v) is 14.6. The topological polar surface area (TPSA) is 50.9 Å². The van der Waals surface area contributed by atoms with Crippen LogP contribution in [0.5, 0.6) is 0 Å². The molecule has 13 aromatic rings. The first-order valence-electron chi connectivity index (χ1n) is 18.9. The fourth-order valence-corrected chi connectivity index (χ4v) is 12.3. The zero-order valence-electron chi connectivity index (χ0n) is 30.2. The highest BCUT2D eigenvalue weighted by Gasteiger charge is 2.21. The molecule has 6 nitrogen and oxygen atoms in total. The van der Waals surface area contributed by atoms with Crippen molar-refractivity contribution in [3.63, 3.8) is 0 Å². The van der Waals surface area contributed by atoms with Crippen LogP contribution in [0.3, 0.4) is 0 Å². The first kappa shape index (κ1) is 31.4. The van der Waals surface area contributed by atoms with E-state index in [0.717, 1.165) is 48.1 Å². The van der Waals surface area contributed by atoms with Crippen LogP contribution in [0.1, 0.15) is 0 Å². The Hall–Kier alpha value is -6.78. The highest BCUT2D eigenvalue weighted by molar-refractivity contribution is 7.30. The van der Waals surface area contributed by atoms with Gasteiger partial charge in [0.25, 0.3) is 0 Å². The van der Waals surface area contributed by atoms with Crippen molar-refractivity contribution < 1.29 is 0 Å². The molecule has 0 amide bonds. The lowest BCUT2D eigenvalue weighted by Gasteiger charge is -2.08. The molecule has 0 unspecified atom stereocenters. The molecule has 7 aromatic carbocycles. The van der Waals surface area contributed by atoms with E-state index in [4.69, 9.17) is 0 Å². The van der Waals surface area contributed by atoms with Crippen LogP contribution in [0.15, 0.2) is 164 Å². The molecule has 0 saturated carbocycles. The molecule has 0 aliphatic heterocycles. The lowest BCUT2D eigenvalue weighted by molar-refractivity contribution is 1.07. The van der Waals surface area contributed by atoms with E-state index in [1.807, 2.05) is 34.0 Å². The molecule has 0 radical (unpaired) electrons. The summed E-state index contributed by atoms with van der Waals surface area (Å²) >= 11 is 5.47. The molecule has 0 aliphatic carbocycles. The van der Waals surface area contributed by atoms with Gasteiger partial charge in [-0.05, 0) is 54.6 Å². The van der Waals surface area contributed by atoms with Crippen molar-refractivity contribution in [2.24, 2.45) is 0 Å². The van der Waals surface area contributed by atoms with Gasteiger partial charge in [-0.25, -0.2) is 0 Å². The van der Waals surface area contributed by atoms with Crippen molar-refractivity contribution in [3.05, 3.63) is 164 Å². The molecule has 0 atom stereocenters. The van der Waals surface area contributed by atoms with Crippen molar-refractivity contribution in [3.8, 4) is 0 Å². The van der Waals surface area contributed by atoms with E-state index in [1.165, 1.54) is 62.6 Å². The van der Waals surface area contributed by atoms with Crippen molar-refractivity contribution >= 4 is 145 Å². The summed E-state index contributed by atoms with van der Waals surface area (Å²) in [6.07, 6.45) is 0. The number of anilines is 3. The fraction of sp³-hybridized carbons (Fsp3) is 0. The van der Waals surface area contributed by atoms with Crippen LogP contribution in [-0.2, 0) is 0 Å². The van der Waals surface area contributed by atoms with Crippen LogP contribution in [0.25, 0.3) is 95.7 Å². The molecule has 3 N–H and O–H groups in total. The largest absolute Gasteiger partial charge is 0.284 e. The van der Waals surface area contributed by atoms with Gasteiger partial charge in [-0.15, -0.1) is 34.0 Å². The average molecular weight is 787 g/mol. The SMILES string of the molecule is c1ccc2c(c1)c1ccccc1n2Nc1cc2c(s1)c1cc(Nn3c4ccccc4c4ccccc43)sc1c1cc(Nn3c4ccccc4c4ccccc43)sc21. The van der Waals surface area contributed by atoms with Gasteiger partial charge in [0.05, 0.1) is 33.1 Å². The Bertz CT molecular complexity index is 3110. The average Bonchev–Trinajstić information content (AvgIpc) is 4.12. The number of benzene rings is 7. The monoisotopic (exact) mass is 786 g/mol. The van der Waals surface area contributed by atoms with Gasteiger partial charge in [-0.3, -0.25) is 30.3 Å². The summed E-state index contributed by atoms with van der Waals surface area (Å²) in [4.78, 5) is 0. The standard InChI is InChI=1S/C48H30N6S3/c1-7-19-37-28(13-1)29-14-2-8-20-38(29)52(37)49-43-25-34-46(55-43)35-26-44(50-53-39-21-9-3-15-30(39)31-16-4-10-22-40(31)53)57-48(35)36-27-45(56-47(34)36)51-54-41-23-11-5-17-32(41)33-18-6-12-24-42(33)54/h1-27,49-51H. The van der Waals surface area contributed by atoms with Gasteiger partial charge < -0.3 is 0 Å². The van der Waals surface area contributed by atoms with Crippen molar-refractivity contribution in [1.82, 2.24) is 14.0 Å². The first-order chi connectivity index (χ1) is 28.2. The quantitative estimate of drug-likeness (QED) is 0.157. The summed E-state index contributed by atoms with van der Waals surface area (Å²) in [6.45, 7) is 0. The van der Waals surface area contributed by atoms with Crippen molar-refractivity contribution in [1.29, 1.82) is 0 Å². The number of fused-ring (bicyclic) bond motifs is 15. The number of hydrogen-bond acceptors (Lipinski definition) is 6. The number of nitrogens with zero attached hydrogens (tertiary/aromatic N) is 3. The lowest BCUT2D eigenvalue weighted by Crippen LogP contribution is -2.06. The summed E-state index contributed by atoms with van der Waals surface area (Å²) in [5.74, 6) is 0. The van der Waals surface area contributed by atoms with Gasteiger partial charge in [0.1, 0.15) is 15.0 Å². The molecule has 270 valence electrons. The maximum absolute atomic E-state index is 3.86. The van der Waals surface area contributed by atoms with Gasteiger partial charge in [0.2, 0.25) is 0 Å². The van der Waals surface area contributed by atoms with Crippen LogP contribution in [0.2, 0.25) is 0 Å². The summed E-state index contributed by atoms with van der Waals surface area (Å²) in [5.41, 5.74) is 18.5. The lowest BCUT2D eigenvalue weighted by atomic mass is 10.1. The van der Waals surface area contributed by atoms with Crippen LogP contribution >= 0.6 is 34.0 Å². The Labute approximate surface area is 336 Å². The van der Waals surface area contributed by atoms with Crippen LogP contribution < -0.4 is 16.3 Å². The van der Waals surface area contributed by atoms with E-state index in [-0.39, 0.29) is 0 Å². The molecule has 0 bridgehead atoms. The summed E-state index contributed by atoms with van der Waals surface area (Å²) in [7, 11) is 0. The molecular weight excluding hydrogens is 757 g/mol. The molecule has 9 heteroatoms. The van der Waals surface area contributed by atoms with Gasteiger partial charge in [-0.2, -0.15) is 0 Å². The van der Waals surface area contributed by atoms with E-state index >= 15 is 0 Å². The second-order valence-electron chi connectivity index (χ2n) is 14.5. The van der Waals surface area contributed by atoms with Crippen LogP contribution in [0.4, 0.5) is 15.0 Å². The Morgan fingerprint density at radius 3 is 0.702 bits per heavy atom. The molecule has 0 spiro atoms. The minimum Gasteiger partial charge on any atom is -0.284 e. The Kier molecular flexibility index (Phi) is 6.54. The van der Waals surface area contributed by atoms with Gasteiger partial charge >= 0.3 is 0 Å². The molecule has 0 saturated heterocycles. The number of aromatic nitrogens is 3. The molecule has 57 heavy (non-hydrogen) atoms. The minimum absolute atomic E-state index is 1.10. The molecular formula is C48H30N6S3. The second-order valence-corrected chi connectivity index (χ2v) is 17.7. The molecule has 13 rings (SSSR count). The fourth-order valence-electron chi connectivity index (χ4n) is 8.90. The van der Waals surface area contributed by atoms with Gasteiger partial charge in [-0.1, -0.05) is 109 Å². The number of hydrogen-bond donors (Lipinski definition) is 3. The number of para-hydroxylation sites is 6. The zero-order valence-corrected chi connectivity index (χ0v) is 32.6. The predicted octanol–water partition coefficient (Wildman–Crippen LogP) is 14.3. The van der Waals surface area contributed by atoms with Crippen LogP contribution in [0, 0.1) is 0 Å². The van der Waals surface area contributed by atoms with E-state index in [1.54, 1.807) is 0 Å². The van der Waals surface area contributed by atoms with Gasteiger partial charge in [0, 0.05) is 62.6 Å². The summed E-state index contributed by atoms with van der Waals surface area (Å²) in [5, 5.41) is 14.5. The number of thiophene rings is 3. The molecule has 0 aliphatic rings. The highest BCUT2D eigenvalue weighted by Crippen LogP contribution is 2.50. The first-order valence-corrected chi connectivity index (χ1v) is 21.4. The highest BCUT2D eigenvalue weighted by atomic mass is 32.1. The van der Waals surface area contributed by atoms with E-state index in [9.17, 15) is 0 Å². The normalized spacial score (nSPS) is 12.2. The van der Waals surface area contributed by atoms with E-state index < -0.39 is 0 Å². The zero-order chi connectivity index (χ0) is 37.2. The number of nitrogens with one attached hydrogen (secondary N) is 3. The van der Waals surface area contributed by atoms with Gasteiger partial charge in [0.15, 0.2) is 0 Å². The Morgan fingerprint density at radius 1 is 0.263 bits per heavy atom. The molecule has 0 fully saturated rings. The minimum atomic E-state index is 1.10. The smallest absolute Gasteiger partial charge is 0.109 e. The Morgan fingerprint density at radius 2 is 0.474 bits per heavy atom. The van der Waals surface area contributed by atoms with Crippen molar-refractivity contribution in [2.45, 2.75) is 0 Å². The molecule has 6 heterocycles. The summed E-state index contributed by atoms with van der Waals surface area (Å²) < 4.78 is 10.6. The number of rotatable bonds is 6. The second kappa shape index (κ2) is 11.9. The van der Waals surface area contributed by atoms with E-state index in [2.05, 4.69) is 194 Å². The Balaban J connectivity index is 1.02. The molecule has 6 aromatic heterocycles. The van der Waals surface area contributed by atoms with Crippen molar-refractivity contribution in [2.75, 3.05) is 16.3 Å².